The van der Waals surface area contributed by atoms with E-state index in [4.69, 9.17) is 0 Å². The molecule has 90 valence electrons. The Hall–Kier alpha value is -0.590. The Labute approximate surface area is 99.3 Å². The van der Waals surface area contributed by atoms with Gasteiger partial charge in [0.05, 0.1) is 0 Å². The number of hydrogen-bond acceptors (Lipinski definition) is 1. The lowest BCUT2D eigenvalue weighted by atomic mass is 9.48. The average Bonchev–Trinajstić information content (AvgIpc) is 2.15. The van der Waals surface area contributed by atoms with Crippen LogP contribution in [0.3, 0.4) is 0 Å². The predicted molar refractivity (Wildman–Crippen MR) is 67.2 cm³/mol. The number of rotatable bonds is 1. The zero-order valence-electron chi connectivity index (χ0n) is 10.9. The quantitative estimate of drug-likeness (QED) is 0.482. The van der Waals surface area contributed by atoms with Crippen LogP contribution in [0.4, 0.5) is 0 Å². The molecular formula is C15H24O. The molecule has 2 rings (SSSR count). The van der Waals surface area contributed by atoms with Crippen molar-refractivity contribution in [2.75, 3.05) is 0 Å². The SMILES string of the molecule is C=C1CCC2C(C)(C)CCCC2(C)C1C=O. The minimum Gasteiger partial charge on any atom is -0.303 e. The zero-order valence-corrected chi connectivity index (χ0v) is 10.9. The summed E-state index contributed by atoms with van der Waals surface area (Å²) in [5, 5.41) is 0. The van der Waals surface area contributed by atoms with E-state index in [1.165, 1.54) is 31.3 Å². The van der Waals surface area contributed by atoms with Crippen molar-refractivity contribution in [3.8, 4) is 0 Å². The molecule has 0 aromatic carbocycles. The molecule has 0 aromatic heterocycles. The second-order valence-electron chi connectivity index (χ2n) is 6.71. The van der Waals surface area contributed by atoms with Crippen LogP contribution >= 0.6 is 0 Å². The van der Waals surface area contributed by atoms with E-state index in [-0.39, 0.29) is 11.3 Å². The van der Waals surface area contributed by atoms with Crippen LogP contribution in [0.15, 0.2) is 12.2 Å². The fourth-order valence-electron chi connectivity index (χ4n) is 4.46. The van der Waals surface area contributed by atoms with E-state index < -0.39 is 0 Å². The Morgan fingerprint density at radius 1 is 1.31 bits per heavy atom. The molecule has 0 bridgehead atoms. The molecule has 2 aliphatic rings. The van der Waals surface area contributed by atoms with Gasteiger partial charge in [0, 0.05) is 5.92 Å². The highest BCUT2D eigenvalue weighted by Crippen LogP contribution is 2.60. The molecule has 1 heteroatoms. The van der Waals surface area contributed by atoms with Crippen LogP contribution in [0.25, 0.3) is 0 Å². The van der Waals surface area contributed by atoms with Crippen molar-refractivity contribution >= 4 is 6.29 Å². The van der Waals surface area contributed by atoms with Crippen LogP contribution in [0.2, 0.25) is 0 Å². The highest BCUT2D eigenvalue weighted by Gasteiger charge is 2.52. The first-order valence-electron chi connectivity index (χ1n) is 6.55. The summed E-state index contributed by atoms with van der Waals surface area (Å²) in [7, 11) is 0. The molecule has 2 fully saturated rings. The van der Waals surface area contributed by atoms with Gasteiger partial charge < -0.3 is 4.79 Å². The number of hydrogen-bond donors (Lipinski definition) is 0. The van der Waals surface area contributed by atoms with Crippen molar-refractivity contribution in [1.29, 1.82) is 0 Å². The van der Waals surface area contributed by atoms with Gasteiger partial charge in [0.1, 0.15) is 6.29 Å². The van der Waals surface area contributed by atoms with Gasteiger partial charge >= 0.3 is 0 Å². The summed E-state index contributed by atoms with van der Waals surface area (Å²) in [4.78, 5) is 11.4. The van der Waals surface area contributed by atoms with Crippen molar-refractivity contribution in [1.82, 2.24) is 0 Å². The first-order chi connectivity index (χ1) is 7.42. The molecule has 0 aliphatic heterocycles. The average molecular weight is 220 g/mol. The molecule has 3 atom stereocenters. The number of carbonyl (C=O) groups is 1. The molecular weight excluding hydrogens is 196 g/mol. The van der Waals surface area contributed by atoms with Gasteiger partial charge in [-0.05, 0) is 42.4 Å². The maximum atomic E-state index is 11.4. The summed E-state index contributed by atoms with van der Waals surface area (Å²) in [6.07, 6.45) is 7.21. The fraction of sp³-hybridized carbons (Fsp3) is 0.800. The molecule has 16 heavy (non-hydrogen) atoms. The molecule has 0 heterocycles. The largest absolute Gasteiger partial charge is 0.303 e. The van der Waals surface area contributed by atoms with E-state index in [2.05, 4.69) is 27.4 Å². The van der Waals surface area contributed by atoms with Gasteiger partial charge in [-0.2, -0.15) is 0 Å². The third-order valence-electron chi connectivity index (χ3n) is 5.32. The van der Waals surface area contributed by atoms with Crippen LogP contribution < -0.4 is 0 Å². The molecule has 0 N–H and O–H groups in total. The minimum absolute atomic E-state index is 0.103. The first kappa shape index (κ1) is 11.9. The Morgan fingerprint density at radius 2 is 2.00 bits per heavy atom. The smallest absolute Gasteiger partial charge is 0.127 e. The van der Waals surface area contributed by atoms with E-state index in [9.17, 15) is 4.79 Å². The Morgan fingerprint density at radius 3 is 2.62 bits per heavy atom. The highest BCUT2D eigenvalue weighted by atomic mass is 16.1. The second-order valence-corrected chi connectivity index (χ2v) is 6.71. The van der Waals surface area contributed by atoms with Crippen molar-refractivity contribution < 1.29 is 4.79 Å². The van der Waals surface area contributed by atoms with Gasteiger partial charge in [0.25, 0.3) is 0 Å². The fourth-order valence-corrected chi connectivity index (χ4v) is 4.46. The van der Waals surface area contributed by atoms with E-state index in [1.807, 2.05) is 0 Å². The van der Waals surface area contributed by atoms with E-state index >= 15 is 0 Å². The lowest BCUT2D eigenvalue weighted by Gasteiger charge is -2.56. The van der Waals surface area contributed by atoms with Crippen molar-refractivity contribution in [3.63, 3.8) is 0 Å². The molecule has 0 spiro atoms. The standard InChI is InChI=1S/C15H24O/c1-11-6-7-13-14(2,3)8-5-9-15(13,4)12(11)10-16/h10,12-13H,1,5-9H2,2-4H3. The Kier molecular flexibility index (Phi) is 2.76. The van der Waals surface area contributed by atoms with Crippen molar-refractivity contribution in [3.05, 3.63) is 12.2 Å². The summed E-state index contributed by atoms with van der Waals surface area (Å²) in [6.45, 7) is 11.2. The monoisotopic (exact) mass is 220 g/mol. The molecule has 2 aliphatic carbocycles. The van der Waals surface area contributed by atoms with Crippen molar-refractivity contribution in [2.24, 2.45) is 22.7 Å². The summed E-state index contributed by atoms with van der Waals surface area (Å²) in [5.74, 6) is 0.792. The number of fused-ring (bicyclic) bond motifs is 1. The minimum atomic E-state index is 0.103. The second kappa shape index (κ2) is 3.72. The molecule has 1 nitrogen and oxygen atoms in total. The number of aldehydes is 1. The zero-order chi connectivity index (χ0) is 12.0. The van der Waals surface area contributed by atoms with Crippen LogP contribution in [-0.4, -0.2) is 6.29 Å². The molecule has 0 radical (unpaired) electrons. The first-order valence-corrected chi connectivity index (χ1v) is 6.55. The van der Waals surface area contributed by atoms with Crippen molar-refractivity contribution in [2.45, 2.75) is 52.9 Å². The number of allylic oxidation sites excluding steroid dienone is 1. The third-order valence-corrected chi connectivity index (χ3v) is 5.32. The topological polar surface area (TPSA) is 17.1 Å². The highest BCUT2D eigenvalue weighted by molar-refractivity contribution is 5.61. The molecule has 0 saturated heterocycles. The lowest BCUT2D eigenvalue weighted by molar-refractivity contribution is -0.121. The summed E-state index contributed by atoms with van der Waals surface area (Å²) in [6, 6.07) is 0. The van der Waals surface area contributed by atoms with Crippen LogP contribution in [-0.2, 0) is 4.79 Å². The summed E-state index contributed by atoms with van der Waals surface area (Å²) >= 11 is 0. The molecule has 3 unspecified atom stereocenters. The van der Waals surface area contributed by atoms with Crippen LogP contribution in [0.5, 0.6) is 0 Å². The van der Waals surface area contributed by atoms with Gasteiger partial charge in [0.2, 0.25) is 0 Å². The summed E-state index contributed by atoms with van der Waals surface area (Å²) < 4.78 is 0. The van der Waals surface area contributed by atoms with Gasteiger partial charge in [-0.3, -0.25) is 0 Å². The van der Waals surface area contributed by atoms with Crippen LogP contribution in [0, 0.1) is 22.7 Å². The van der Waals surface area contributed by atoms with Gasteiger partial charge in [-0.25, -0.2) is 0 Å². The van der Waals surface area contributed by atoms with Crippen LogP contribution in [0.1, 0.15) is 52.9 Å². The summed E-state index contributed by atoms with van der Waals surface area (Å²) in [5.41, 5.74) is 1.75. The molecule has 0 aromatic rings. The van der Waals surface area contributed by atoms with E-state index in [0.29, 0.717) is 11.3 Å². The Balaban J connectivity index is 2.38. The Bertz CT molecular complexity index is 315. The van der Waals surface area contributed by atoms with Gasteiger partial charge in [-0.15, -0.1) is 0 Å². The lowest BCUT2D eigenvalue weighted by Crippen LogP contribution is -2.49. The van der Waals surface area contributed by atoms with Gasteiger partial charge in [0.15, 0.2) is 0 Å². The predicted octanol–water partition coefficient (Wildman–Crippen LogP) is 3.98. The van der Waals surface area contributed by atoms with Gasteiger partial charge in [-0.1, -0.05) is 39.3 Å². The maximum Gasteiger partial charge on any atom is 0.127 e. The van der Waals surface area contributed by atoms with E-state index in [1.54, 1.807) is 0 Å². The normalized spacial score (nSPS) is 42.6. The molecule has 0 amide bonds. The maximum absolute atomic E-state index is 11.4. The van der Waals surface area contributed by atoms with E-state index in [0.717, 1.165) is 12.7 Å². The third kappa shape index (κ3) is 1.56. The number of carbonyl (C=O) groups excluding carboxylic acids is 1. The molecule has 2 saturated carbocycles.